The number of rotatable bonds is 4. The van der Waals surface area contributed by atoms with Gasteiger partial charge in [0.15, 0.2) is 0 Å². The van der Waals surface area contributed by atoms with Crippen LogP contribution < -0.4 is 5.73 Å². The Morgan fingerprint density at radius 3 is 2.53 bits per heavy atom. The van der Waals surface area contributed by atoms with E-state index in [1.165, 1.54) is 12.1 Å². The molecule has 0 spiro atoms. The van der Waals surface area contributed by atoms with Crippen LogP contribution >= 0.6 is 0 Å². The van der Waals surface area contributed by atoms with Crippen LogP contribution in [-0.4, -0.2) is 33.1 Å². The van der Waals surface area contributed by atoms with E-state index in [9.17, 15) is 15.3 Å². The number of phenolic OH excluding ortho intramolecular Hbond substituents is 1. The van der Waals surface area contributed by atoms with E-state index in [4.69, 9.17) is 10.8 Å². The van der Waals surface area contributed by atoms with Gasteiger partial charge in [0.2, 0.25) is 0 Å². The fourth-order valence-corrected chi connectivity index (χ4v) is 1.32. The Hall–Kier alpha value is -1.30. The predicted octanol–water partition coefficient (Wildman–Crippen LogP) is -0.249. The van der Waals surface area contributed by atoms with E-state index in [2.05, 4.69) is 0 Å². The maximum absolute atomic E-state index is 9.65. The number of benzene rings is 1. The van der Waals surface area contributed by atoms with Crippen molar-refractivity contribution in [1.82, 2.24) is 0 Å². The lowest BCUT2D eigenvalue weighted by Crippen LogP contribution is -2.19. The van der Waals surface area contributed by atoms with Crippen LogP contribution in [0.15, 0.2) is 18.2 Å². The Bertz CT molecular complexity index is 329. The number of phenols is 1. The minimum absolute atomic E-state index is 0.0371. The van der Waals surface area contributed by atoms with Gasteiger partial charge in [0, 0.05) is 12.2 Å². The highest BCUT2D eigenvalue weighted by molar-refractivity contribution is 5.56. The second-order valence-electron chi connectivity index (χ2n) is 3.31. The van der Waals surface area contributed by atoms with Gasteiger partial charge in [-0.15, -0.1) is 0 Å². The van der Waals surface area contributed by atoms with E-state index in [1.807, 2.05) is 0 Å². The van der Waals surface area contributed by atoms with Crippen LogP contribution in [0.2, 0.25) is 0 Å². The fourth-order valence-electron chi connectivity index (χ4n) is 1.32. The molecule has 0 aliphatic heterocycles. The van der Waals surface area contributed by atoms with E-state index >= 15 is 0 Å². The number of aliphatic hydroxyl groups is 3. The summed E-state index contributed by atoms with van der Waals surface area (Å²) in [4.78, 5) is 0. The molecule has 0 radical (unpaired) electrons. The Morgan fingerprint density at radius 2 is 1.93 bits per heavy atom. The molecule has 1 aromatic carbocycles. The minimum atomic E-state index is -1.25. The highest BCUT2D eigenvalue weighted by Crippen LogP contribution is 2.31. The number of aliphatic hydroxyl groups excluding tert-OH is 3. The molecule has 15 heavy (non-hydrogen) atoms. The molecule has 0 aromatic heterocycles. The van der Waals surface area contributed by atoms with E-state index in [0.717, 1.165) is 0 Å². The lowest BCUT2D eigenvalue weighted by Gasteiger charge is -2.18. The van der Waals surface area contributed by atoms with Gasteiger partial charge in [-0.05, 0) is 12.5 Å². The van der Waals surface area contributed by atoms with E-state index in [1.54, 1.807) is 6.07 Å². The number of para-hydroxylation sites is 1. The molecule has 2 unspecified atom stereocenters. The van der Waals surface area contributed by atoms with Crippen LogP contribution in [0.4, 0.5) is 5.69 Å². The van der Waals surface area contributed by atoms with Gasteiger partial charge in [-0.3, -0.25) is 0 Å². The highest BCUT2D eigenvalue weighted by atomic mass is 16.3. The number of aromatic hydroxyl groups is 1. The Morgan fingerprint density at radius 1 is 1.27 bits per heavy atom. The predicted molar refractivity (Wildman–Crippen MR) is 55.2 cm³/mol. The minimum Gasteiger partial charge on any atom is -0.505 e. The van der Waals surface area contributed by atoms with Crippen LogP contribution in [-0.2, 0) is 0 Å². The van der Waals surface area contributed by atoms with Crippen LogP contribution in [0.1, 0.15) is 18.1 Å². The quantitative estimate of drug-likeness (QED) is 0.350. The number of nitrogen functional groups attached to an aromatic ring is 1. The number of hydrogen-bond donors (Lipinski definition) is 5. The van der Waals surface area contributed by atoms with Gasteiger partial charge in [0.25, 0.3) is 0 Å². The third kappa shape index (κ3) is 2.59. The summed E-state index contributed by atoms with van der Waals surface area (Å²) in [5.74, 6) is -0.234. The summed E-state index contributed by atoms with van der Waals surface area (Å²) >= 11 is 0. The van der Waals surface area contributed by atoms with Gasteiger partial charge in [0.1, 0.15) is 11.9 Å². The molecule has 5 nitrogen and oxygen atoms in total. The van der Waals surface area contributed by atoms with Gasteiger partial charge in [0.05, 0.1) is 11.8 Å². The Kier molecular flexibility index (Phi) is 3.90. The molecule has 1 rings (SSSR count). The van der Waals surface area contributed by atoms with E-state index in [0.29, 0.717) is 0 Å². The van der Waals surface area contributed by atoms with Crippen LogP contribution in [0.3, 0.4) is 0 Å². The SMILES string of the molecule is Nc1cccc(C(O)C(O)CCO)c1O. The van der Waals surface area contributed by atoms with Crippen LogP contribution in [0, 0.1) is 0 Å². The fraction of sp³-hybridized carbons (Fsp3) is 0.400. The molecule has 1 aromatic rings. The summed E-state index contributed by atoms with van der Waals surface area (Å²) < 4.78 is 0. The molecule has 6 N–H and O–H groups in total. The summed E-state index contributed by atoms with van der Waals surface area (Å²) in [5, 5.41) is 37.2. The van der Waals surface area contributed by atoms with Crippen molar-refractivity contribution in [2.24, 2.45) is 0 Å². The van der Waals surface area contributed by atoms with Crippen molar-refractivity contribution >= 4 is 5.69 Å². The van der Waals surface area contributed by atoms with Crippen molar-refractivity contribution in [3.8, 4) is 5.75 Å². The topological polar surface area (TPSA) is 107 Å². The molecule has 84 valence electrons. The maximum Gasteiger partial charge on any atom is 0.144 e. The molecule has 0 fully saturated rings. The van der Waals surface area contributed by atoms with Crippen LogP contribution in [0.5, 0.6) is 5.75 Å². The second kappa shape index (κ2) is 4.97. The van der Waals surface area contributed by atoms with Gasteiger partial charge in [-0.1, -0.05) is 12.1 Å². The Labute approximate surface area is 87.4 Å². The van der Waals surface area contributed by atoms with Gasteiger partial charge >= 0.3 is 0 Å². The maximum atomic E-state index is 9.65. The summed E-state index contributed by atoms with van der Waals surface area (Å²) in [7, 11) is 0. The summed E-state index contributed by atoms with van der Waals surface area (Å²) in [5.41, 5.74) is 5.74. The number of hydrogen-bond acceptors (Lipinski definition) is 5. The lowest BCUT2D eigenvalue weighted by molar-refractivity contribution is 0.00310. The molecule has 0 bridgehead atoms. The molecular weight excluding hydrogens is 198 g/mol. The third-order valence-electron chi connectivity index (χ3n) is 2.21. The normalized spacial score (nSPS) is 14.9. The van der Waals surface area contributed by atoms with Crippen molar-refractivity contribution in [2.75, 3.05) is 12.3 Å². The highest BCUT2D eigenvalue weighted by Gasteiger charge is 2.21. The molecule has 0 heterocycles. The van der Waals surface area contributed by atoms with Crippen molar-refractivity contribution in [2.45, 2.75) is 18.6 Å². The van der Waals surface area contributed by atoms with Crippen molar-refractivity contribution in [3.63, 3.8) is 0 Å². The van der Waals surface area contributed by atoms with Crippen molar-refractivity contribution in [1.29, 1.82) is 0 Å². The molecule has 0 amide bonds. The largest absolute Gasteiger partial charge is 0.505 e. The standard InChI is InChI=1S/C10H15NO4/c11-7-3-1-2-6(9(7)14)10(15)8(13)4-5-12/h1-3,8,10,12-15H,4-5,11H2. The molecular formula is C10H15NO4. The van der Waals surface area contributed by atoms with Crippen LogP contribution in [0.25, 0.3) is 0 Å². The smallest absolute Gasteiger partial charge is 0.144 e. The average Bonchev–Trinajstić information content (AvgIpc) is 2.21. The number of anilines is 1. The Balaban J connectivity index is 2.90. The zero-order chi connectivity index (χ0) is 11.4. The lowest BCUT2D eigenvalue weighted by atomic mass is 10.0. The monoisotopic (exact) mass is 213 g/mol. The third-order valence-corrected chi connectivity index (χ3v) is 2.21. The average molecular weight is 213 g/mol. The molecule has 0 saturated heterocycles. The molecule has 0 aliphatic carbocycles. The van der Waals surface area contributed by atoms with Crippen molar-refractivity contribution in [3.05, 3.63) is 23.8 Å². The number of nitrogens with two attached hydrogens (primary N) is 1. The van der Waals surface area contributed by atoms with E-state index in [-0.39, 0.29) is 30.0 Å². The molecule has 2 atom stereocenters. The summed E-state index contributed by atoms with van der Waals surface area (Å²) in [6, 6.07) is 4.53. The van der Waals surface area contributed by atoms with Gasteiger partial charge in [-0.2, -0.15) is 0 Å². The van der Waals surface area contributed by atoms with E-state index < -0.39 is 12.2 Å². The first-order chi connectivity index (χ1) is 7.07. The first kappa shape index (κ1) is 11.8. The zero-order valence-corrected chi connectivity index (χ0v) is 8.17. The molecule has 0 saturated carbocycles. The first-order valence-corrected chi connectivity index (χ1v) is 4.62. The van der Waals surface area contributed by atoms with Gasteiger partial charge < -0.3 is 26.2 Å². The molecule has 5 heteroatoms. The summed E-state index contributed by atoms with van der Waals surface area (Å²) in [6.07, 6.45) is -2.33. The molecule has 0 aliphatic rings. The van der Waals surface area contributed by atoms with Crippen molar-refractivity contribution < 1.29 is 20.4 Å². The first-order valence-electron chi connectivity index (χ1n) is 4.62. The summed E-state index contributed by atoms with van der Waals surface area (Å²) in [6.45, 7) is -0.235. The second-order valence-corrected chi connectivity index (χ2v) is 3.31. The zero-order valence-electron chi connectivity index (χ0n) is 8.17. The van der Waals surface area contributed by atoms with Gasteiger partial charge in [-0.25, -0.2) is 0 Å².